The second kappa shape index (κ2) is 5.59. The van der Waals surface area contributed by atoms with Gasteiger partial charge in [-0.25, -0.2) is 13.2 Å². The second-order valence-electron chi connectivity index (χ2n) is 5.56. The van der Waals surface area contributed by atoms with Crippen molar-refractivity contribution >= 4 is 21.8 Å². The molecule has 8 heteroatoms. The van der Waals surface area contributed by atoms with Crippen LogP contribution >= 0.6 is 0 Å². The Labute approximate surface area is 118 Å². The van der Waals surface area contributed by atoms with E-state index in [0.717, 1.165) is 0 Å². The molecule has 0 saturated carbocycles. The molecule has 0 aliphatic carbocycles. The van der Waals surface area contributed by atoms with Crippen molar-refractivity contribution in [1.82, 2.24) is 9.80 Å². The van der Waals surface area contributed by atoms with Crippen LogP contribution in [-0.2, 0) is 14.6 Å². The van der Waals surface area contributed by atoms with Crippen molar-refractivity contribution in [2.75, 3.05) is 31.1 Å². The molecule has 2 saturated heterocycles. The van der Waals surface area contributed by atoms with Gasteiger partial charge in [-0.05, 0) is 19.8 Å². The van der Waals surface area contributed by atoms with Gasteiger partial charge in [0.15, 0.2) is 9.84 Å². The summed E-state index contributed by atoms with van der Waals surface area (Å²) < 4.78 is 23.0. The van der Waals surface area contributed by atoms with Gasteiger partial charge in [-0.2, -0.15) is 0 Å². The van der Waals surface area contributed by atoms with E-state index in [9.17, 15) is 18.0 Å². The van der Waals surface area contributed by atoms with Gasteiger partial charge in [0.25, 0.3) is 0 Å². The fourth-order valence-corrected chi connectivity index (χ4v) is 4.37. The van der Waals surface area contributed by atoms with Crippen LogP contribution < -0.4 is 0 Å². The molecule has 2 aliphatic heterocycles. The zero-order valence-corrected chi connectivity index (χ0v) is 12.3. The number of piperidine rings is 1. The van der Waals surface area contributed by atoms with Gasteiger partial charge in [-0.3, -0.25) is 4.79 Å². The van der Waals surface area contributed by atoms with E-state index in [1.807, 2.05) is 0 Å². The van der Waals surface area contributed by atoms with Crippen LogP contribution in [0.1, 0.15) is 19.8 Å². The zero-order chi connectivity index (χ0) is 14.9. The van der Waals surface area contributed by atoms with E-state index in [2.05, 4.69) is 0 Å². The van der Waals surface area contributed by atoms with Crippen LogP contribution in [0, 0.1) is 5.92 Å². The van der Waals surface area contributed by atoms with Crippen molar-refractivity contribution in [1.29, 1.82) is 0 Å². The number of aliphatic carboxylic acids is 1. The first-order valence-electron chi connectivity index (χ1n) is 6.79. The molecule has 114 valence electrons. The maximum Gasteiger partial charge on any atom is 0.320 e. The summed E-state index contributed by atoms with van der Waals surface area (Å²) in [4.78, 5) is 26.5. The molecule has 20 heavy (non-hydrogen) atoms. The van der Waals surface area contributed by atoms with Gasteiger partial charge in [0, 0.05) is 25.7 Å². The molecule has 2 aliphatic rings. The first-order chi connectivity index (χ1) is 9.30. The number of hydrogen-bond acceptors (Lipinski definition) is 4. The smallest absolute Gasteiger partial charge is 0.320 e. The summed E-state index contributed by atoms with van der Waals surface area (Å²) >= 11 is 0. The molecule has 2 atom stereocenters. The van der Waals surface area contributed by atoms with Crippen LogP contribution in [0.25, 0.3) is 0 Å². The van der Waals surface area contributed by atoms with Crippen LogP contribution in [0.2, 0.25) is 0 Å². The number of rotatable bonds is 1. The lowest BCUT2D eigenvalue weighted by Gasteiger charge is -2.39. The quantitative estimate of drug-likeness (QED) is 0.737. The minimum absolute atomic E-state index is 0.0146. The number of amides is 2. The minimum Gasteiger partial charge on any atom is -0.481 e. The van der Waals surface area contributed by atoms with E-state index in [1.165, 1.54) is 4.90 Å². The Morgan fingerprint density at radius 3 is 2.55 bits per heavy atom. The van der Waals surface area contributed by atoms with Crippen molar-refractivity contribution in [3.05, 3.63) is 0 Å². The topological polar surface area (TPSA) is 95.0 Å². The van der Waals surface area contributed by atoms with Crippen molar-refractivity contribution in [3.8, 4) is 0 Å². The Balaban J connectivity index is 2.02. The van der Waals surface area contributed by atoms with Crippen molar-refractivity contribution in [2.24, 2.45) is 5.92 Å². The summed E-state index contributed by atoms with van der Waals surface area (Å²) in [7, 11) is -3.06. The molecule has 1 N–H and O–H groups in total. The Morgan fingerprint density at radius 2 is 1.95 bits per heavy atom. The molecule has 7 nitrogen and oxygen atoms in total. The van der Waals surface area contributed by atoms with Gasteiger partial charge in [-0.1, -0.05) is 0 Å². The Bertz CT molecular complexity index is 504. The molecule has 0 radical (unpaired) electrons. The summed E-state index contributed by atoms with van der Waals surface area (Å²) in [5.74, 6) is -1.43. The number of carboxylic acids is 1. The maximum absolute atomic E-state index is 12.4. The van der Waals surface area contributed by atoms with Gasteiger partial charge in [-0.15, -0.1) is 0 Å². The molecule has 2 rings (SSSR count). The van der Waals surface area contributed by atoms with Crippen LogP contribution in [-0.4, -0.2) is 72.5 Å². The Hall–Kier alpha value is -1.31. The highest BCUT2D eigenvalue weighted by molar-refractivity contribution is 7.91. The van der Waals surface area contributed by atoms with E-state index in [0.29, 0.717) is 19.4 Å². The van der Waals surface area contributed by atoms with Gasteiger partial charge in [0.1, 0.15) is 0 Å². The lowest BCUT2D eigenvalue weighted by atomic mass is 9.98. The molecule has 0 bridgehead atoms. The van der Waals surface area contributed by atoms with E-state index in [4.69, 9.17) is 5.11 Å². The number of nitrogens with zero attached hydrogens (tertiary/aromatic N) is 2. The molecule has 0 aromatic rings. The average Bonchev–Trinajstić information content (AvgIpc) is 2.37. The highest BCUT2D eigenvalue weighted by Crippen LogP contribution is 2.20. The van der Waals surface area contributed by atoms with Crippen LogP contribution in [0.4, 0.5) is 4.79 Å². The van der Waals surface area contributed by atoms with Crippen molar-refractivity contribution in [3.63, 3.8) is 0 Å². The maximum atomic E-state index is 12.4. The molecule has 2 amide bonds. The fourth-order valence-electron chi connectivity index (χ4n) is 2.82. The first-order valence-corrected chi connectivity index (χ1v) is 8.61. The molecule has 2 heterocycles. The average molecular weight is 304 g/mol. The fraction of sp³-hybridized carbons (Fsp3) is 0.833. The van der Waals surface area contributed by atoms with Crippen molar-refractivity contribution < 1.29 is 23.1 Å². The number of carbonyl (C=O) groups is 2. The number of urea groups is 1. The van der Waals surface area contributed by atoms with Crippen LogP contribution in [0.3, 0.4) is 0 Å². The third-order valence-electron chi connectivity index (χ3n) is 3.96. The third-order valence-corrected chi connectivity index (χ3v) is 5.75. The SMILES string of the molecule is CC1CS(=O)(=O)CCN1C(=O)N1CCC[C@H](C(=O)O)C1. The van der Waals surface area contributed by atoms with Gasteiger partial charge >= 0.3 is 12.0 Å². The lowest BCUT2D eigenvalue weighted by Crippen LogP contribution is -2.56. The summed E-state index contributed by atoms with van der Waals surface area (Å²) in [6.07, 6.45) is 1.26. The zero-order valence-electron chi connectivity index (χ0n) is 11.5. The molecule has 0 aromatic carbocycles. The second-order valence-corrected chi connectivity index (χ2v) is 7.79. The Kier molecular flexibility index (Phi) is 4.22. The summed E-state index contributed by atoms with van der Waals surface area (Å²) in [5.41, 5.74) is 0. The highest BCUT2D eigenvalue weighted by atomic mass is 32.2. The molecule has 0 aromatic heterocycles. The van der Waals surface area contributed by atoms with E-state index >= 15 is 0 Å². The number of likely N-dealkylation sites (tertiary alicyclic amines) is 1. The minimum atomic E-state index is -3.06. The molecular formula is C12H20N2O5S. The number of sulfone groups is 1. The summed E-state index contributed by atoms with van der Waals surface area (Å²) in [6, 6.07) is -0.593. The predicted octanol–water partition coefficient (Wildman–Crippen LogP) is 0.0219. The van der Waals surface area contributed by atoms with E-state index < -0.39 is 21.7 Å². The number of hydrogen-bond donors (Lipinski definition) is 1. The van der Waals surface area contributed by atoms with Gasteiger partial charge in [0.05, 0.1) is 17.4 Å². The van der Waals surface area contributed by atoms with E-state index in [1.54, 1.807) is 11.8 Å². The highest BCUT2D eigenvalue weighted by Gasteiger charge is 2.36. The lowest BCUT2D eigenvalue weighted by molar-refractivity contribution is -0.143. The Morgan fingerprint density at radius 1 is 1.25 bits per heavy atom. The molecular weight excluding hydrogens is 284 g/mol. The molecule has 0 spiro atoms. The first kappa shape index (κ1) is 15.1. The standard InChI is InChI=1S/C12H20N2O5S/c1-9-8-20(18,19)6-5-14(9)12(17)13-4-2-3-10(7-13)11(15)16/h9-10H,2-8H2,1H3,(H,15,16)/t9?,10-/m0/s1. The molecule has 1 unspecified atom stereocenters. The van der Waals surface area contributed by atoms with Crippen molar-refractivity contribution in [2.45, 2.75) is 25.8 Å². The van der Waals surface area contributed by atoms with E-state index in [-0.39, 0.29) is 36.7 Å². The number of carbonyl (C=O) groups excluding carboxylic acids is 1. The summed E-state index contributed by atoms with van der Waals surface area (Å²) in [6.45, 7) is 2.66. The predicted molar refractivity (Wildman–Crippen MR) is 72.2 cm³/mol. The largest absolute Gasteiger partial charge is 0.481 e. The third kappa shape index (κ3) is 3.23. The molecule has 2 fully saturated rings. The van der Waals surface area contributed by atoms with Gasteiger partial charge < -0.3 is 14.9 Å². The number of carboxylic acid groups (broad SMARTS) is 1. The van der Waals surface area contributed by atoms with Crippen LogP contribution in [0.15, 0.2) is 0 Å². The van der Waals surface area contributed by atoms with Crippen LogP contribution in [0.5, 0.6) is 0 Å². The van der Waals surface area contributed by atoms with Gasteiger partial charge in [0.2, 0.25) is 0 Å². The normalized spacial score (nSPS) is 30.1. The summed E-state index contributed by atoms with van der Waals surface area (Å²) in [5, 5.41) is 9.04. The monoisotopic (exact) mass is 304 g/mol.